The number of urea groups is 1. The maximum absolute atomic E-state index is 15.3. The van der Waals surface area contributed by atoms with Crippen LogP contribution >= 0.6 is 0 Å². The Bertz CT molecular complexity index is 1570. The Morgan fingerprint density at radius 1 is 1.00 bits per heavy atom. The second-order valence-electron chi connectivity index (χ2n) is 10.6. The van der Waals surface area contributed by atoms with E-state index in [-0.39, 0.29) is 18.0 Å². The Hall–Kier alpha value is -4.13. The maximum Gasteiger partial charge on any atom is 0.321 e. The normalized spacial score (nSPS) is 16.9. The summed E-state index contributed by atoms with van der Waals surface area (Å²) in [5.74, 6) is -0.395. The molecule has 2 aliphatic rings. The van der Waals surface area contributed by atoms with Gasteiger partial charge in [0, 0.05) is 54.4 Å². The van der Waals surface area contributed by atoms with Crippen molar-refractivity contribution in [2.75, 3.05) is 25.0 Å². The number of nitrogens with zero attached hydrogens (tertiary/aromatic N) is 3. The van der Waals surface area contributed by atoms with Gasteiger partial charge < -0.3 is 19.5 Å². The molecule has 0 spiro atoms. The number of aryl methyl sites for hydroxylation is 1. The van der Waals surface area contributed by atoms with Gasteiger partial charge in [-0.15, -0.1) is 0 Å². The van der Waals surface area contributed by atoms with Gasteiger partial charge in [-0.3, -0.25) is 4.79 Å². The third-order valence-electron chi connectivity index (χ3n) is 8.19. The number of hydrogen-bond acceptors (Lipinski definition) is 2. The predicted molar refractivity (Wildman–Crippen MR) is 152 cm³/mol. The Balaban J connectivity index is 1.28. The fourth-order valence-electron chi connectivity index (χ4n) is 6.00. The number of aromatic nitrogens is 1. The minimum Gasteiger partial charge on any atom is -0.331 e. The highest BCUT2D eigenvalue weighted by Crippen LogP contribution is 2.32. The number of carbonyl (C=O) groups is 2. The van der Waals surface area contributed by atoms with Crippen molar-refractivity contribution in [2.24, 2.45) is 0 Å². The summed E-state index contributed by atoms with van der Waals surface area (Å²) >= 11 is 0. The molecule has 0 aliphatic carbocycles. The SMILES string of the molecule is CCc1cc(C(=O)N2CCc3ccccc3[C@H]2C)cn2cc(-c3ccc(NC(=O)N4CCCC4)cc3F)cc12. The van der Waals surface area contributed by atoms with Crippen LogP contribution in [0.15, 0.2) is 67.0 Å². The van der Waals surface area contributed by atoms with Gasteiger partial charge in [-0.05, 0) is 79.6 Å². The number of nitrogens with one attached hydrogen (secondary N) is 1. The van der Waals surface area contributed by atoms with Gasteiger partial charge in [0.15, 0.2) is 0 Å². The molecule has 7 heteroatoms. The van der Waals surface area contributed by atoms with Crippen molar-refractivity contribution < 1.29 is 14.0 Å². The summed E-state index contributed by atoms with van der Waals surface area (Å²) < 4.78 is 17.2. The molecule has 6 nitrogen and oxygen atoms in total. The van der Waals surface area contributed by atoms with Gasteiger partial charge in [0.2, 0.25) is 0 Å². The van der Waals surface area contributed by atoms with E-state index in [0.717, 1.165) is 55.4 Å². The molecule has 2 aromatic heterocycles. The monoisotopic (exact) mass is 524 g/mol. The van der Waals surface area contributed by atoms with Gasteiger partial charge in [0.25, 0.3) is 5.91 Å². The molecule has 1 fully saturated rings. The van der Waals surface area contributed by atoms with Crippen LogP contribution in [-0.4, -0.2) is 45.8 Å². The van der Waals surface area contributed by atoms with Crippen molar-refractivity contribution in [1.29, 1.82) is 0 Å². The van der Waals surface area contributed by atoms with E-state index in [4.69, 9.17) is 0 Å². The molecule has 3 amide bonds. The number of rotatable bonds is 4. The van der Waals surface area contributed by atoms with E-state index in [1.54, 1.807) is 17.0 Å². The van der Waals surface area contributed by atoms with Crippen LogP contribution in [0, 0.1) is 5.82 Å². The number of fused-ring (bicyclic) bond motifs is 2. The molecule has 200 valence electrons. The standard InChI is InChI=1S/C32H33FN4O2/c1-3-22-16-25(31(38)37-15-12-23-8-4-5-9-27(23)21(37)2)20-36-19-24(17-30(22)36)28-11-10-26(18-29(28)33)34-32(39)35-13-6-7-14-35/h4-5,8-11,16-21H,3,6-7,12-15H2,1-2H3,(H,34,39)/t21-/m1/s1. The average molecular weight is 525 g/mol. The van der Waals surface area contributed by atoms with Crippen molar-refractivity contribution in [3.8, 4) is 11.1 Å². The molecule has 2 aromatic carbocycles. The highest BCUT2D eigenvalue weighted by Gasteiger charge is 2.28. The van der Waals surface area contributed by atoms with Gasteiger partial charge in [-0.25, -0.2) is 9.18 Å². The van der Waals surface area contributed by atoms with Gasteiger partial charge in [-0.1, -0.05) is 31.2 Å². The zero-order valence-corrected chi connectivity index (χ0v) is 22.4. The number of benzene rings is 2. The van der Waals surface area contributed by atoms with Gasteiger partial charge in [0.05, 0.1) is 11.6 Å². The first-order chi connectivity index (χ1) is 18.9. The number of amides is 3. The van der Waals surface area contributed by atoms with Crippen LogP contribution < -0.4 is 5.32 Å². The number of likely N-dealkylation sites (tertiary alicyclic amines) is 1. The zero-order valence-electron chi connectivity index (χ0n) is 22.4. The van der Waals surface area contributed by atoms with Crippen molar-refractivity contribution in [2.45, 2.75) is 45.6 Å². The fourth-order valence-corrected chi connectivity index (χ4v) is 6.00. The number of anilines is 1. The number of hydrogen-bond donors (Lipinski definition) is 1. The molecule has 0 bridgehead atoms. The van der Waals surface area contributed by atoms with Gasteiger partial charge >= 0.3 is 6.03 Å². The van der Waals surface area contributed by atoms with Crippen LogP contribution in [0.25, 0.3) is 16.6 Å². The predicted octanol–water partition coefficient (Wildman–Crippen LogP) is 6.70. The van der Waals surface area contributed by atoms with Crippen LogP contribution in [0.1, 0.15) is 59.8 Å². The van der Waals surface area contributed by atoms with Gasteiger partial charge in [0.1, 0.15) is 5.82 Å². The third kappa shape index (κ3) is 4.67. The summed E-state index contributed by atoms with van der Waals surface area (Å²) in [7, 11) is 0. The lowest BCUT2D eigenvalue weighted by Crippen LogP contribution is -2.39. The van der Waals surface area contributed by atoms with Crippen LogP contribution in [0.4, 0.5) is 14.9 Å². The second-order valence-corrected chi connectivity index (χ2v) is 10.6. The Morgan fingerprint density at radius 3 is 2.56 bits per heavy atom. The van der Waals surface area contributed by atoms with Crippen LogP contribution in [-0.2, 0) is 12.8 Å². The lowest BCUT2D eigenvalue weighted by molar-refractivity contribution is 0.0677. The smallest absolute Gasteiger partial charge is 0.321 e. The Morgan fingerprint density at radius 2 is 1.79 bits per heavy atom. The minimum atomic E-state index is -0.403. The summed E-state index contributed by atoms with van der Waals surface area (Å²) in [6, 6.07) is 16.9. The van der Waals surface area contributed by atoms with Crippen molar-refractivity contribution in [1.82, 2.24) is 14.2 Å². The van der Waals surface area contributed by atoms with E-state index in [1.807, 2.05) is 39.9 Å². The first-order valence-corrected chi connectivity index (χ1v) is 13.8. The van der Waals surface area contributed by atoms with E-state index in [2.05, 4.69) is 37.4 Å². The molecule has 0 radical (unpaired) electrons. The first kappa shape index (κ1) is 25.2. The molecule has 39 heavy (non-hydrogen) atoms. The summed E-state index contributed by atoms with van der Waals surface area (Å²) in [6.07, 6.45) is 7.33. The quantitative estimate of drug-likeness (QED) is 0.323. The molecule has 1 atom stereocenters. The topological polar surface area (TPSA) is 57.1 Å². The van der Waals surface area contributed by atoms with Crippen LogP contribution in [0.2, 0.25) is 0 Å². The summed E-state index contributed by atoms with van der Waals surface area (Å²) in [6.45, 7) is 6.30. The second kappa shape index (κ2) is 10.2. The first-order valence-electron chi connectivity index (χ1n) is 13.8. The lowest BCUT2D eigenvalue weighted by Gasteiger charge is -2.35. The Kier molecular flexibility index (Phi) is 6.59. The molecule has 0 saturated carbocycles. The van der Waals surface area contributed by atoms with Crippen LogP contribution in [0.5, 0.6) is 0 Å². The zero-order chi connectivity index (χ0) is 27.1. The van der Waals surface area contributed by atoms with Crippen molar-refractivity contribution in [3.05, 3.63) is 95.1 Å². The van der Waals surface area contributed by atoms with E-state index < -0.39 is 5.82 Å². The largest absolute Gasteiger partial charge is 0.331 e. The maximum atomic E-state index is 15.3. The minimum absolute atomic E-state index is 0.00187. The number of pyridine rings is 1. The van der Waals surface area contributed by atoms with E-state index in [0.29, 0.717) is 23.4 Å². The van der Waals surface area contributed by atoms with Crippen LogP contribution in [0.3, 0.4) is 0 Å². The molecular weight excluding hydrogens is 491 g/mol. The van der Waals surface area contributed by atoms with Crippen molar-refractivity contribution in [3.63, 3.8) is 0 Å². The highest BCUT2D eigenvalue weighted by atomic mass is 19.1. The molecule has 4 aromatic rings. The molecule has 6 rings (SSSR count). The molecule has 2 aliphatic heterocycles. The molecule has 0 unspecified atom stereocenters. The average Bonchev–Trinajstić information content (AvgIpc) is 3.63. The molecule has 4 heterocycles. The van der Waals surface area contributed by atoms with E-state index in [9.17, 15) is 9.59 Å². The van der Waals surface area contributed by atoms with Crippen molar-refractivity contribution >= 4 is 23.1 Å². The number of halogens is 1. The lowest BCUT2D eigenvalue weighted by atomic mass is 9.93. The fraction of sp³-hybridized carbons (Fsp3) is 0.312. The van der Waals surface area contributed by atoms with Gasteiger partial charge in [-0.2, -0.15) is 0 Å². The summed E-state index contributed by atoms with van der Waals surface area (Å²) in [5, 5.41) is 2.81. The highest BCUT2D eigenvalue weighted by molar-refractivity contribution is 5.95. The van der Waals surface area contributed by atoms with E-state index in [1.165, 1.54) is 17.2 Å². The summed E-state index contributed by atoms with van der Waals surface area (Å²) in [5.41, 5.74) is 6.74. The third-order valence-corrected chi connectivity index (χ3v) is 8.19. The Labute approximate surface area is 228 Å². The molecule has 1 saturated heterocycles. The summed E-state index contributed by atoms with van der Waals surface area (Å²) in [4.78, 5) is 29.8. The molecule has 1 N–H and O–H groups in total. The number of carbonyl (C=O) groups excluding carboxylic acids is 2. The van der Waals surface area contributed by atoms with E-state index >= 15 is 4.39 Å². The molecular formula is C32H33FN4O2.